The molecule has 3 aromatic carbocycles. The Bertz CT molecular complexity index is 1590. The minimum absolute atomic E-state index is 0.0612. The van der Waals surface area contributed by atoms with E-state index in [2.05, 4.69) is 41.3 Å². The summed E-state index contributed by atoms with van der Waals surface area (Å²) in [4.78, 5) is 24.5. The van der Waals surface area contributed by atoms with Gasteiger partial charge < -0.3 is 10.2 Å². The minimum Gasteiger partial charge on any atom is -0.505 e. The molecule has 1 aromatic heterocycles. The molecule has 36 heavy (non-hydrogen) atoms. The molecular formula is C28H26N4O4. The Hall–Kier alpha value is -4.46. The number of hydrogen-bond acceptors (Lipinski definition) is 5. The SMILES string of the molecule is Cc1[nH]n(-c2ccc3c(c2)C(C)(C)CC3)c(=O)c1N=Nc1cccc(-c2cccc(C(=O)O)c2)c1O. The van der Waals surface area contributed by atoms with E-state index in [0.29, 0.717) is 16.8 Å². The number of rotatable bonds is 5. The molecule has 1 aliphatic rings. The second-order valence-electron chi connectivity index (χ2n) is 9.71. The van der Waals surface area contributed by atoms with E-state index in [1.54, 1.807) is 37.3 Å². The normalized spacial score (nSPS) is 14.3. The van der Waals surface area contributed by atoms with Gasteiger partial charge in [-0.1, -0.05) is 44.2 Å². The van der Waals surface area contributed by atoms with Crippen LogP contribution < -0.4 is 5.56 Å². The Kier molecular flexibility index (Phi) is 5.59. The highest BCUT2D eigenvalue weighted by molar-refractivity contribution is 5.90. The monoisotopic (exact) mass is 482 g/mol. The first-order chi connectivity index (χ1) is 17.2. The summed E-state index contributed by atoms with van der Waals surface area (Å²) in [5.41, 5.74) is 4.93. The first-order valence-electron chi connectivity index (χ1n) is 11.7. The zero-order valence-corrected chi connectivity index (χ0v) is 20.2. The summed E-state index contributed by atoms with van der Waals surface area (Å²) in [6.07, 6.45) is 2.11. The molecule has 0 amide bonds. The Morgan fingerprint density at radius 3 is 2.61 bits per heavy atom. The van der Waals surface area contributed by atoms with Gasteiger partial charge in [-0.3, -0.25) is 9.89 Å². The number of nitrogens with one attached hydrogen (secondary N) is 1. The molecule has 0 saturated heterocycles. The van der Waals surface area contributed by atoms with Crippen molar-refractivity contribution in [2.75, 3.05) is 0 Å². The Morgan fingerprint density at radius 1 is 1.06 bits per heavy atom. The van der Waals surface area contributed by atoms with Gasteiger partial charge in [-0.25, -0.2) is 9.48 Å². The van der Waals surface area contributed by atoms with Crippen LogP contribution in [0.4, 0.5) is 11.4 Å². The summed E-state index contributed by atoms with van der Waals surface area (Å²) >= 11 is 0. The van der Waals surface area contributed by atoms with Gasteiger partial charge in [0.15, 0.2) is 11.4 Å². The number of hydrogen-bond donors (Lipinski definition) is 3. The summed E-state index contributed by atoms with van der Waals surface area (Å²) in [5, 5.41) is 31.5. The van der Waals surface area contributed by atoms with E-state index in [1.165, 1.54) is 27.9 Å². The number of carbonyl (C=O) groups is 1. The largest absolute Gasteiger partial charge is 0.505 e. The number of phenols is 1. The van der Waals surface area contributed by atoms with Gasteiger partial charge in [-0.2, -0.15) is 0 Å². The molecule has 0 saturated carbocycles. The minimum atomic E-state index is -1.06. The zero-order chi connectivity index (χ0) is 25.6. The lowest BCUT2D eigenvalue weighted by Crippen LogP contribution is -2.16. The van der Waals surface area contributed by atoms with Crippen LogP contribution in [0.3, 0.4) is 0 Å². The fraction of sp³-hybridized carbons (Fsp3) is 0.214. The number of aromatic amines is 1. The maximum atomic E-state index is 13.2. The number of para-hydroxylation sites is 1. The van der Waals surface area contributed by atoms with Gasteiger partial charge in [-0.15, -0.1) is 10.2 Å². The van der Waals surface area contributed by atoms with Crippen LogP contribution >= 0.6 is 0 Å². The lowest BCUT2D eigenvalue weighted by Gasteiger charge is -2.19. The van der Waals surface area contributed by atoms with E-state index >= 15 is 0 Å². The molecule has 0 radical (unpaired) electrons. The molecule has 8 nitrogen and oxygen atoms in total. The molecule has 1 heterocycles. The Morgan fingerprint density at radius 2 is 1.83 bits per heavy atom. The number of phenolic OH excluding ortho intramolecular Hbond substituents is 1. The van der Waals surface area contributed by atoms with Gasteiger partial charge in [0.2, 0.25) is 0 Å². The van der Waals surface area contributed by atoms with E-state index < -0.39 is 5.97 Å². The average molecular weight is 483 g/mol. The number of aromatic nitrogens is 2. The van der Waals surface area contributed by atoms with Crippen LogP contribution in [0.25, 0.3) is 16.8 Å². The lowest BCUT2D eigenvalue weighted by molar-refractivity contribution is 0.0697. The molecule has 0 atom stereocenters. The number of aromatic hydroxyl groups is 1. The van der Waals surface area contributed by atoms with Crippen LogP contribution in [-0.4, -0.2) is 26.0 Å². The quantitative estimate of drug-likeness (QED) is 0.294. The van der Waals surface area contributed by atoms with Gasteiger partial charge >= 0.3 is 5.97 Å². The van der Waals surface area contributed by atoms with Crippen LogP contribution in [0.2, 0.25) is 0 Å². The van der Waals surface area contributed by atoms with E-state index in [-0.39, 0.29) is 33.7 Å². The molecule has 1 aliphatic carbocycles. The summed E-state index contributed by atoms with van der Waals surface area (Å²) in [5.74, 6) is -1.21. The predicted octanol–water partition coefficient (Wildman–Crippen LogP) is 6.18. The maximum absolute atomic E-state index is 13.2. The fourth-order valence-corrected chi connectivity index (χ4v) is 4.74. The van der Waals surface area contributed by atoms with Crippen molar-refractivity contribution in [3.8, 4) is 22.6 Å². The molecule has 3 N–H and O–H groups in total. The highest BCUT2D eigenvalue weighted by Crippen LogP contribution is 2.40. The topological polar surface area (TPSA) is 120 Å². The highest BCUT2D eigenvalue weighted by Gasteiger charge is 2.30. The molecule has 0 spiro atoms. The van der Waals surface area contributed by atoms with Crippen LogP contribution in [0, 0.1) is 6.92 Å². The molecule has 8 heteroatoms. The van der Waals surface area contributed by atoms with E-state index in [4.69, 9.17) is 0 Å². The summed E-state index contributed by atoms with van der Waals surface area (Å²) in [6.45, 7) is 6.17. The van der Waals surface area contributed by atoms with Crippen molar-refractivity contribution in [3.63, 3.8) is 0 Å². The smallest absolute Gasteiger partial charge is 0.335 e. The standard InChI is InChI=1S/C28H26N4O4/c1-16-24(26(34)32(31-16)20-11-10-17-12-13-28(2,3)22(17)15-20)30-29-23-9-5-8-21(25(23)33)18-6-4-7-19(14-18)27(35)36/h4-11,14-15,31,33H,12-13H2,1-3H3,(H,35,36). The number of fused-ring (bicyclic) bond motifs is 1. The van der Waals surface area contributed by atoms with Crippen LogP contribution in [0.15, 0.2) is 75.7 Å². The van der Waals surface area contributed by atoms with Crippen molar-refractivity contribution < 1.29 is 15.0 Å². The molecule has 0 unspecified atom stereocenters. The second kappa shape index (κ2) is 8.64. The van der Waals surface area contributed by atoms with Crippen LogP contribution in [-0.2, 0) is 11.8 Å². The molecule has 0 aliphatic heterocycles. The van der Waals surface area contributed by atoms with Gasteiger partial charge in [0, 0.05) is 5.56 Å². The van der Waals surface area contributed by atoms with Gasteiger partial charge in [0.25, 0.3) is 5.56 Å². The molecule has 0 fully saturated rings. The number of carboxylic acids is 1. The number of benzene rings is 3. The van der Waals surface area contributed by atoms with Crippen molar-refractivity contribution in [2.24, 2.45) is 10.2 Å². The van der Waals surface area contributed by atoms with Gasteiger partial charge in [0.05, 0.1) is 16.9 Å². The van der Waals surface area contributed by atoms with Crippen LogP contribution in [0.1, 0.15) is 47.4 Å². The number of aryl methyl sites for hydroxylation is 2. The Labute approximate surface area is 207 Å². The van der Waals surface area contributed by atoms with Crippen molar-refractivity contribution >= 4 is 17.3 Å². The average Bonchev–Trinajstić information content (AvgIpc) is 3.32. The third kappa shape index (κ3) is 4.00. The fourth-order valence-electron chi connectivity index (χ4n) is 4.74. The Balaban J connectivity index is 1.49. The van der Waals surface area contributed by atoms with E-state index in [9.17, 15) is 19.8 Å². The summed E-state index contributed by atoms with van der Waals surface area (Å²) in [6, 6.07) is 17.3. The number of azo groups is 1. The molecule has 5 rings (SSSR count). The van der Waals surface area contributed by atoms with E-state index in [1.807, 2.05) is 6.07 Å². The highest BCUT2D eigenvalue weighted by atomic mass is 16.4. The third-order valence-electron chi connectivity index (χ3n) is 6.83. The number of H-pyrrole nitrogens is 1. The van der Waals surface area contributed by atoms with Gasteiger partial charge in [-0.05, 0) is 72.2 Å². The van der Waals surface area contributed by atoms with Crippen molar-refractivity contribution in [3.05, 3.63) is 93.4 Å². The second-order valence-corrected chi connectivity index (χ2v) is 9.71. The maximum Gasteiger partial charge on any atom is 0.335 e. The summed E-state index contributed by atoms with van der Waals surface area (Å²) in [7, 11) is 0. The summed E-state index contributed by atoms with van der Waals surface area (Å²) < 4.78 is 1.46. The first-order valence-corrected chi connectivity index (χ1v) is 11.7. The van der Waals surface area contributed by atoms with Crippen molar-refractivity contribution in [1.29, 1.82) is 0 Å². The van der Waals surface area contributed by atoms with Crippen molar-refractivity contribution in [2.45, 2.75) is 39.0 Å². The van der Waals surface area contributed by atoms with Gasteiger partial charge in [0.1, 0.15) is 5.69 Å². The molecule has 4 aromatic rings. The number of aromatic carboxylic acids is 1. The predicted molar refractivity (Wildman–Crippen MR) is 137 cm³/mol. The third-order valence-corrected chi connectivity index (χ3v) is 6.83. The first kappa shape index (κ1) is 23.3. The molecule has 0 bridgehead atoms. The molecular weight excluding hydrogens is 456 g/mol. The number of carboxylic acid groups (broad SMARTS) is 1. The molecule has 182 valence electrons. The number of nitrogens with zero attached hydrogens (tertiary/aromatic N) is 3. The van der Waals surface area contributed by atoms with Crippen molar-refractivity contribution in [1.82, 2.24) is 9.78 Å². The lowest BCUT2D eigenvalue weighted by atomic mass is 9.86. The zero-order valence-electron chi connectivity index (χ0n) is 20.2. The van der Waals surface area contributed by atoms with Crippen LogP contribution in [0.5, 0.6) is 5.75 Å². The van der Waals surface area contributed by atoms with E-state index in [0.717, 1.165) is 18.5 Å².